The second kappa shape index (κ2) is 7.41. The minimum Gasteiger partial charge on any atom is -0.318 e. The second-order valence-electron chi connectivity index (χ2n) is 6.46. The summed E-state index contributed by atoms with van der Waals surface area (Å²) in [6.45, 7) is 5.77. The zero-order valence-electron chi connectivity index (χ0n) is 15.5. The van der Waals surface area contributed by atoms with Crippen molar-refractivity contribution in [2.45, 2.75) is 20.8 Å². The fourth-order valence-corrected chi connectivity index (χ4v) is 4.18. The van der Waals surface area contributed by atoms with Gasteiger partial charge in [-0.25, -0.2) is 4.39 Å². The Bertz CT molecular complexity index is 1080. The summed E-state index contributed by atoms with van der Waals surface area (Å²) in [5, 5.41) is 10.9. The Morgan fingerprint density at radius 1 is 1.18 bits per heavy atom. The highest BCUT2D eigenvalue weighted by Crippen LogP contribution is 2.32. The van der Waals surface area contributed by atoms with E-state index >= 15 is 0 Å². The maximum atomic E-state index is 13.2. The summed E-state index contributed by atoms with van der Waals surface area (Å²) in [5.41, 5.74) is 4.67. The number of hydrogen-bond donors (Lipinski definition) is 1. The van der Waals surface area contributed by atoms with E-state index in [4.69, 9.17) is 5.41 Å². The van der Waals surface area contributed by atoms with Crippen molar-refractivity contribution in [1.29, 1.82) is 5.41 Å². The molecule has 0 unspecified atom stereocenters. The van der Waals surface area contributed by atoms with Crippen molar-refractivity contribution >= 4 is 47.2 Å². The molecule has 0 spiro atoms. The normalized spacial score (nSPS) is 17.4. The molecule has 0 radical (unpaired) electrons. The molecule has 1 aromatic heterocycles. The Balaban J connectivity index is 0.00000225. The molecule has 0 saturated heterocycles. The van der Waals surface area contributed by atoms with Crippen LogP contribution in [0.1, 0.15) is 23.9 Å². The van der Waals surface area contributed by atoms with Crippen molar-refractivity contribution in [3.8, 4) is 5.69 Å². The molecule has 5 nitrogen and oxygen atoms in total. The van der Waals surface area contributed by atoms with Crippen molar-refractivity contribution in [3.05, 3.63) is 69.8 Å². The van der Waals surface area contributed by atoms with Gasteiger partial charge in [-0.1, -0.05) is 11.8 Å². The van der Waals surface area contributed by atoms with Crippen LogP contribution >= 0.6 is 24.2 Å². The third-order valence-electron chi connectivity index (χ3n) is 4.64. The van der Waals surface area contributed by atoms with Gasteiger partial charge in [0, 0.05) is 22.8 Å². The molecule has 0 saturated carbocycles. The molecule has 1 N–H and O–H groups in total. The van der Waals surface area contributed by atoms with Crippen molar-refractivity contribution < 1.29 is 9.18 Å². The van der Waals surface area contributed by atoms with Crippen LogP contribution in [0.25, 0.3) is 11.8 Å². The molecule has 0 fully saturated rings. The highest BCUT2D eigenvalue weighted by atomic mass is 35.5. The van der Waals surface area contributed by atoms with Crippen LogP contribution in [0.5, 0.6) is 0 Å². The molecule has 0 atom stereocenters. The molecule has 0 aliphatic carbocycles. The van der Waals surface area contributed by atoms with E-state index in [1.165, 1.54) is 23.9 Å². The Kier molecular flexibility index (Phi) is 5.32. The summed E-state index contributed by atoms with van der Waals surface area (Å²) in [4.78, 5) is 18.2. The first-order valence-electron chi connectivity index (χ1n) is 8.39. The van der Waals surface area contributed by atoms with Gasteiger partial charge in [0.25, 0.3) is 5.91 Å². The molecular formula is C20H18ClFN4OS. The number of allylic oxidation sites excluding steroid dienone is 1. The van der Waals surface area contributed by atoms with Gasteiger partial charge in [0.2, 0.25) is 0 Å². The second-order valence-corrected chi connectivity index (χ2v) is 7.29. The van der Waals surface area contributed by atoms with E-state index in [1.807, 2.05) is 36.8 Å². The number of nitrogens with zero attached hydrogens (tertiary/aromatic N) is 3. The van der Waals surface area contributed by atoms with Crippen molar-refractivity contribution in [2.75, 3.05) is 0 Å². The van der Waals surface area contributed by atoms with Gasteiger partial charge in [-0.3, -0.25) is 15.1 Å². The standard InChI is InChI=1S/C20H17FN4OS.ClH/c1-11-8-14(13(3)24(11)16-6-4-15(21)5-7-16)9-17-18(22)25-12(2)10-27-20(25)23-19(17)26;/h4-10,22H,1-3H3;1H/b17-9+,22-18?;. The quantitative estimate of drug-likeness (QED) is 0.714. The summed E-state index contributed by atoms with van der Waals surface area (Å²) < 4.78 is 15.2. The number of benzene rings is 1. The van der Waals surface area contributed by atoms with Crippen LogP contribution < -0.4 is 0 Å². The lowest BCUT2D eigenvalue weighted by Crippen LogP contribution is -2.37. The Morgan fingerprint density at radius 3 is 2.54 bits per heavy atom. The number of fused-ring (bicyclic) bond motifs is 1. The van der Waals surface area contributed by atoms with Gasteiger partial charge in [0.1, 0.15) is 11.7 Å². The van der Waals surface area contributed by atoms with Gasteiger partial charge in [0.15, 0.2) is 5.17 Å². The van der Waals surface area contributed by atoms with Crippen LogP contribution in [-0.4, -0.2) is 26.4 Å². The number of halogens is 2. The summed E-state index contributed by atoms with van der Waals surface area (Å²) >= 11 is 1.35. The predicted molar refractivity (Wildman–Crippen MR) is 114 cm³/mol. The van der Waals surface area contributed by atoms with E-state index in [9.17, 15) is 9.18 Å². The van der Waals surface area contributed by atoms with Gasteiger partial charge in [-0.2, -0.15) is 4.99 Å². The van der Waals surface area contributed by atoms with Gasteiger partial charge < -0.3 is 4.57 Å². The van der Waals surface area contributed by atoms with Gasteiger partial charge in [-0.15, -0.1) is 12.4 Å². The topological polar surface area (TPSA) is 61.5 Å². The molecule has 144 valence electrons. The Labute approximate surface area is 172 Å². The molecule has 4 rings (SSSR count). The third-order valence-corrected chi connectivity index (χ3v) is 5.58. The van der Waals surface area contributed by atoms with E-state index in [2.05, 4.69) is 4.99 Å². The van der Waals surface area contributed by atoms with Crippen LogP contribution in [0.2, 0.25) is 0 Å². The predicted octanol–water partition coefficient (Wildman–Crippen LogP) is 4.82. The lowest BCUT2D eigenvalue weighted by atomic mass is 10.1. The number of nitrogens with one attached hydrogen (secondary N) is 1. The molecule has 2 aromatic rings. The van der Waals surface area contributed by atoms with Crippen LogP contribution in [-0.2, 0) is 4.79 Å². The minimum atomic E-state index is -0.409. The molecule has 28 heavy (non-hydrogen) atoms. The number of aryl methyl sites for hydroxylation is 1. The minimum absolute atomic E-state index is 0. The fraction of sp³-hybridized carbons (Fsp3) is 0.150. The van der Waals surface area contributed by atoms with Gasteiger partial charge in [-0.05, 0) is 68.2 Å². The first-order chi connectivity index (χ1) is 12.9. The first-order valence-corrected chi connectivity index (χ1v) is 9.27. The van der Waals surface area contributed by atoms with Crippen LogP contribution in [0.3, 0.4) is 0 Å². The van der Waals surface area contributed by atoms with Gasteiger partial charge >= 0.3 is 0 Å². The number of aromatic nitrogens is 1. The summed E-state index contributed by atoms with van der Waals surface area (Å²) in [7, 11) is 0. The molecule has 2 aliphatic rings. The van der Waals surface area contributed by atoms with Crippen LogP contribution in [0.4, 0.5) is 4.39 Å². The summed E-state index contributed by atoms with van der Waals surface area (Å²) in [6.07, 6.45) is 1.71. The number of amidine groups is 2. The SMILES string of the molecule is CC1=CSC2=NC(=O)/C(=C/c3cc(C)n(-c4ccc(F)cc4)c3C)C(=N)N12.Cl. The van der Waals surface area contributed by atoms with E-state index in [0.29, 0.717) is 5.17 Å². The number of aliphatic imine (C=N–C) groups is 1. The van der Waals surface area contributed by atoms with E-state index in [-0.39, 0.29) is 29.6 Å². The molecule has 0 bridgehead atoms. The third kappa shape index (κ3) is 3.21. The number of amides is 1. The lowest BCUT2D eigenvalue weighted by molar-refractivity contribution is -0.114. The zero-order valence-corrected chi connectivity index (χ0v) is 17.1. The number of thioether (sulfide) groups is 1. The van der Waals surface area contributed by atoms with Crippen molar-refractivity contribution in [1.82, 2.24) is 9.47 Å². The summed E-state index contributed by atoms with van der Waals surface area (Å²) in [5.74, 6) is -0.561. The maximum Gasteiger partial charge on any atom is 0.283 e. The highest BCUT2D eigenvalue weighted by Gasteiger charge is 2.34. The molecule has 3 heterocycles. The first kappa shape index (κ1) is 20.1. The number of hydrogen-bond acceptors (Lipinski definition) is 3. The largest absolute Gasteiger partial charge is 0.318 e. The molecule has 2 aliphatic heterocycles. The fourth-order valence-electron chi connectivity index (χ4n) is 3.32. The number of carbonyl (C=O) groups is 1. The monoisotopic (exact) mass is 416 g/mol. The Hall–Kier alpha value is -2.64. The zero-order chi connectivity index (χ0) is 19.3. The van der Waals surface area contributed by atoms with E-state index in [0.717, 1.165) is 28.3 Å². The van der Waals surface area contributed by atoms with E-state index < -0.39 is 5.91 Å². The average molecular weight is 417 g/mol. The van der Waals surface area contributed by atoms with Gasteiger partial charge in [0.05, 0.1) is 5.57 Å². The number of carbonyl (C=O) groups excluding carboxylic acids is 1. The highest BCUT2D eigenvalue weighted by molar-refractivity contribution is 8.16. The number of rotatable bonds is 2. The molecule has 1 aromatic carbocycles. The summed E-state index contributed by atoms with van der Waals surface area (Å²) in [6, 6.07) is 8.22. The van der Waals surface area contributed by atoms with Crippen LogP contribution in [0.15, 0.2) is 52.0 Å². The Morgan fingerprint density at radius 2 is 1.86 bits per heavy atom. The smallest absolute Gasteiger partial charge is 0.283 e. The molecule has 1 amide bonds. The average Bonchev–Trinajstić information content (AvgIpc) is 3.12. The molecule has 8 heteroatoms. The van der Waals surface area contributed by atoms with E-state index in [1.54, 1.807) is 23.1 Å². The molecular weight excluding hydrogens is 399 g/mol. The van der Waals surface area contributed by atoms with Crippen molar-refractivity contribution in [2.24, 2.45) is 4.99 Å². The van der Waals surface area contributed by atoms with Crippen molar-refractivity contribution in [3.63, 3.8) is 0 Å². The van der Waals surface area contributed by atoms with Crippen LogP contribution in [0, 0.1) is 25.1 Å². The maximum absolute atomic E-state index is 13.2. The lowest BCUT2D eigenvalue weighted by Gasteiger charge is -2.25.